The van der Waals surface area contributed by atoms with Gasteiger partial charge >= 0.3 is 0 Å². The fourth-order valence-corrected chi connectivity index (χ4v) is 8.26. The summed E-state index contributed by atoms with van der Waals surface area (Å²) < 4.78 is 0. The first kappa shape index (κ1) is 28.7. The first-order valence-corrected chi connectivity index (χ1v) is 16.9. The molecule has 0 saturated carbocycles. The second-order valence-corrected chi connectivity index (χ2v) is 13.7. The Morgan fingerprint density at radius 3 is 2.22 bits per heavy atom. The Morgan fingerprint density at radius 2 is 1.41 bits per heavy atom. The molecule has 0 bridgehead atoms. The molecule has 5 aromatic carbocycles. The maximum absolute atomic E-state index is 5.37. The molecule has 0 saturated heterocycles. The number of benzene rings is 5. The van der Waals surface area contributed by atoms with Crippen molar-refractivity contribution in [2.45, 2.75) is 64.3 Å². The predicted octanol–water partition coefficient (Wildman–Crippen LogP) is 11.6. The van der Waals surface area contributed by atoms with E-state index in [4.69, 9.17) is 4.99 Å². The van der Waals surface area contributed by atoms with Gasteiger partial charge in [-0.3, -0.25) is 4.99 Å². The molecular formula is C45H41N. The van der Waals surface area contributed by atoms with Crippen LogP contribution >= 0.6 is 0 Å². The summed E-state index contributed by atoms with van der Waals surface area (Å²) in [7, 11) is 0. The van der Waals surface area contributed by atoms with Crippen LogP contribution in [0.15, 0.2) is 138 Å². The number of hydrogen-bond donors (Lipinski definition) is 0. The van der Waals surface area contributed by atoms with Gasteiger partial charge in [0.15, 0.2) is 0 Å². The molecule has 2 aliphatic carbocycles. The molecule has 1 atom stereocenters. The van der Waals surface area contributed by atoms with Gasteiger partial charge < -0.3 is 0 Å². The maximum atomic E-state index is 5.37. The Hall–Kier alpha value is -4.75. The van der Waals surface area contributed by atoms with Gasteiger partial charge in [0.1, 0.15) is 5.54 Å². The molecule has 0 amide bonds. The highest BCUT2D eigenvalue weighted by molar-refractivity contribution is 6.21. The van der Waals surface area contributed by atoms with Crippen molar-refractivity contribution in [3.8, 4) is 33.4 Å². The smallest absolute Gasteiger partial charge is 0.149 e. The van der Waals surface area contributed by atoms with Crippen molar-refractivity contribution in [1.82, 2.24) is 0 Å². The van der Waals surface area contributed by atoms with Crippen LogP contribution in [0, 0.1) is 6.92 Å². The molecule has 0 aromatic heterocycles. The van der Waals surface area contributed by atoms with Crippen molar-refractivity contribution in [2.24, 2.45) is 4.99 Å². The molecule has 3 aliphatic rings. The van der Waals surface area contributed by atoms with Crippen LogP contribution in [-0.4, -0.2) is 5.71 Å². The van der Waals surface area contributed by atoms with Crippen LogP contribution in [-0.2, 0) is 17.4 Å². The maximum Gasteiger partial charge on any atom is 0.149 e. The lowest BCUT2D eigenvalue weighted by atomic mass is 9.78. The number of aliphatic imine (C=N–C) groups is 1. The predicted molar refractivity (Wildman–Crippen MR) is 195 cm³/mol. The van der Waals surface area contributed by atoms with Gasteiger partial charge in [0.2, 0.25) is 0 Å². The van der Waals surface area contributed by atoms with Crippen LogP contribution in [0.2, 0.25) is 0 Å². The van der Waals surface area contributed by atoms with Crippen LogP contribution in [0.4, 0.5) is 0 Å². The molecule has 5 aromatic rings. The second-order valence-electron chi connectivity index (χ2n) is 13.7. The van der Waals surface area contributed by atoms with E-state index in [1.165, 1.54) is 78.0 Å². The summed E-state index contributed by atoms with van der Waals surface area (Å²) in [6, 6.07) is 40.8. The fourth-order valence-electron chi connectivity index (χ4n) is 8.26. The molecule has 46 heavy (non-hydrogen) atoms. The van der Waals surface area contributed by atoms with Gasteiger partial charge in [0.05, 0.1) is 5.71 Å². The molecule has 1 heteroatoms. The van der Waals surface area contributed by atoms with Crippen LogP contribution in [0.3, 0.4) is 0 Å². The normalized spacial score (nSPS) is 18.9. The summed E-state index contributed by atoms with van der Waals surface area (Å²) in [5.74, 6) is 0. The number of hydrogen-bond acceptors (Lipinski definition) is 1. The molecule has 0 radical (unpaired) electrons. The van der Waals surface area contributed by atoms with Gasteiger partial charge in [0.25, 0.3) is 0 Å². The van der Waals surface area contributed by atoms with E-state index < -0.39 is 0 Å². The van der Waals surface area contributed by atoms with Crippen LogP contribution in [0.25, 0.3) is 33.4 Å². The first-order valence-electron chi connectivity index (χ1n) is 16.9. The molecule has 1 unspecified atom stereocenters. The molecule has 8 rings (SSSR count). The average molecular weight is 596 g/mol. The molecule has 0 N–H and O–H groups in total. The summed E-state index contributed by atoms with van der Waals surface area (Å²) in [6.07, 6.45) is 11.0. The number of fused-ring (bicyclic) bond motifs is 3. The van der Waals surface area contributed by atoms with Crippen molar-refractivity contribution in [2.75, 3.05) is 0 Å². The summed E-state index contributed by atoms with van der Waals surface area (Å²) in [4.78, 5) is 5.37. The number of allylic oxidation sites excluding steroid dienone is 3. The summed E-state index contributed by atoms with van der Waals surface area (Å²) in [5, 5.41) is 0. The highest BCUT2D eigenvalue weighted by atomic mass is 15.1. The Labute approximate surface area is 274 Å². The number of nitrogens with zero attached hydrogens (tertiary/aromatic N) is 1. The zero-order chi connectivity index (χ0) is 31.5. The lowest BCUT2D eigenvalue weighted by molar-refractivity contribution is 0.660. The van der Waals surface area contributed by atoms with Crippen molar-refractivity contribution in [1.29, 1.82) is 0 Å². The largest absolute Gasteiger partial charge is 0.263 e. The quantitative estimate of drug-likeness (QED) is 0.177. The molecule has 0 spiro atoms. The highest BCUT2D eigenvalue weighted by Crippen LogP contribution is 2.53. The Morgan fingerprint density at radius 1 is 0.696 bits per heavy atom. The van der Waals surface area contributed by atoms with Crippen LogP contribution in [0.5, 0.6) is 0 Å². The minimum atomic E-state index is -0.359. The third-order valence-corrected chi connectivity index (χ3v) is 10.7. The van der Waals surface area contributed by atoms with Crippen LogP contribution < -0.4 is 0 Å². The topological polar surface area (TPSA) is 12.4 Å². The van der Waals surface area contributed by atoms with E-state index in [9.17, 15) is 0 Å². The van der Waals surface area contributed by atoms with Crippen molar-refractivity contribution < 1.29 is 0 Å². The van der Waals surface area contributed by atoms with Crippen molar-refractivity contribution in [3.63, 3.8) is 0 Å². The Bertz CT molecular complexity index is 2090. The number of rotatable bonds is 7. The minimum absolute atomic E-state index is 0.0349. The van der Waals surface area contributed by atoms with E-state index >= 15 is 0 Å². The van der Waals surface area contributed by atoms with E-state index in [0.717, 1.165) is 25.7 Å². The lowest BCUT2D eigenvalue weighted by Crippen LogP contribution is -2.22. The third kappa shape index (κ3) is 4.32. The monoisotopic (exact) mass is 595 g/mol. The van der Waals surface area contributed by atoms with Gasteiger partial charge in [-0.05, 0) is 99.0 Å². The van der Waals surface area contributed by atoms with Gasteiger partial charge in [-0.1, -0.05) is 149 Å². The first-order chi connectivity index (χ1) is 22.4. The van der Waals surface area contributed by atoms with E-state index in [-0.39, 0.29) is 11.0 Å². The van der Waals surface area contributed by atoms with Gasteiger partial charge in [-0.2, -0.15) is 0 Å². The third-order valence-electron chi connectivity index (χ3n) is 10.7. The van der Waals surface area contributed by atoms with E-state index in [0.29, 0.717) is 0 Å². The summed E-state index contributed by atoms with van der Waals surface area (Å²) in [5.41, 5.74) is 18.3. The molecule has 1 nitrogen and oxygen atoms in total. The molecule has 1 aliphatic heterocycles. The SMILES string of the molecule is CCCc1cccc(-c2ccc3c(c2)C(C)(C)c2ccccc2-3)c1-c1cccc(C2=NC2(C2=CC=CCC2)c2ccccc2)c1C. The van der Waals surface area contributed by atoms with Gasteiger partial charge in [0, 0.05) is 11.0 Å². The lowest BCUT2D eigenvalue weighted by Gasteiger charge is -2.24. The van der Waals surface area contributed by atoms with E-state index in [1.807, 2.05) is 0 Å². The average Bonchev–Trinajstić information content (AvgIpc) is 3.81. The fraction of sp³-hybridized carbons (Fsp3) is 0.222. The zero-order valence-electron chi connectivity index (χ0n) is 27.4. The number of aryl methyl sites for hydroxylation is 1. The molecular weight excluding hydrogens is 555 g/mol. The minimum Gasteiger partial charge on any atom is -0.263 e. The zero-order valence-corrected chi connectivity index (χ0v) is 27.4. The molecule has 0 fully saturated rings. The molecule has 1 heterocycles. The standard InChI is InChI=1S/C45H41N/c1-5-16-31-17-14-25-37(32-27-28-39-38-22-12-13-26-40(38)44(3,4)41(39)29-32)42(31)35-23-15-24-36(30(35)2)43-45(46-43,33-18-8-6-9-19-33)34-20-10-7-11-21-34/h6-10,12-15,17-20,22-29H,5,11,16,21H2,1-4H3. The van der Waals surface area contributed by atoms with Gasteiger partial charge in [-0.25, -0.2) is 0 Å². The Kier molecular flexibility index (Phi) is 6.83. The molecule has 226 valence electrons. The van der Waals surface area contributed by atoms with Crippen molar-refractivity contribution in [3.05, 3.63) is 166 Å². The van der Waals surface area contributed by atoms with Gasteiger partial charge in [-0.15, -0.1) is 0 Å². The second kappa shape index (κ2) is 11.0. The van der Waals surface area contributed by atoms with Crippen LogP contribution in [0.1, 0.15) is 73.4 Å². The summed E-state index contributed by atoms with van der Waals surface area (Å²) >= 11 is 0. The van der Waals surface area contributed by atoms with Crippen molar-refractivity contribution >= 4 is 5.71 Å². The highest BCUT2D eigenvalue weighted by Gasteiger charge is 2.52. The summed E-state index contributed by atoms with van der Waals surface area (Å²) in [6.45, 7) is 9.34. The van der Waals surface area contributed by atoms with E-state index in [2.05, 4.69) is 155 Å². The Balaban J connectivity index is 1.27. The van der Waals surface area contributed by atoms with E-state index in [1.54, 1.807) is 0 Å².